The molecule has 0 radical (unpaired) electrons. The summed E-state index contributed by atoms with van der Waals surface area (Å²) in [7, 11) is 0. The second-order valence-corrected chi connectivity index (χ2v) is 6.33. The van der Waals surface area contributed by atoms with Crippen LogP contribution in [-0.4, -0.2) is 49.2 Å². The maximum Gasteiger partial charge on any atom is 0.416 e. The summed E-state index contributed by atoms with van der Waals surface area (Å²) in [6.07, 6.45) is -9.07. The van der Waals surface area contributed by atoms with Crippen molar-refractivity contribution in [3.63, 3.8) is 0 Å². The van der Waals surface area contributed by atoms with E-state index in [0.29, 0.717) is 0 Å². The van der Waals surface area contributed by atoms with Gasteiger partial charge in [-0.3, -0.25) is 9.59 Å². The van der Waals surface area contributed by atoms with Crippen molar-refractivity contribution >= 4 is 11.8 Å². The van der Waals surface area contributed by atoms with Crippen LogP contribution in [0, 0.1) is 5.92 Å². The van der Waals surface area contributed by atoms with Crippen molar-refractivity contribution in [2.45, 2.75) is 25.3 Å². The highest BCUT2D eigenvalue weighted by atomic mass is 19.4. The summed E-state index contributed by atoms with van der Waals surface area (Å²) < 4.78 is 78.4. The van der Waals surface area contributed by atoms with Crippen LogP contribution in [0.4, 0.5) is 26.3 Å². The van der Waals surface area contributed by atoms with Crippen LogP contribution in [0.5, 0.6) is 0 Å². The molecule has 0 aromatic heterocycles. The van der Waals surface area contributed by atoms with Crippen LogP contribution in [0.2, 0.25) is 0 Å². The summed E-state index contributed by atoms with van der Waals surface area (Å²) in [5.41, 5.74) is -0.547. The summed E-state index contributed by atoms with van der Waals surface area (Å²) in [5.74, 6) is -1.62. The molecule has 1 fully saturated rings. The van der Waals surface area contributed by atoms with Crippen molar-refractivity contribution in [1.29, 1.82) is 0 Å². The molecule has 1 heterocycles. The lowest BCUT2D eigenvalue weighted by atomic mass is 10.1. The highest BCUT2D eigenvalue weighted by Crippen LogP contribution is 2.30. The molecule has 1 aliphatic heterocycles. The van der Waals surface area contributed by atoms with Crippen LogP contribution in [0.25, 0.3) is 0 Å². The van der Waals surface area contributed by atoms with Gasteiger partial charge in [0.05, 0.1) is 18.1 Å². The van der Waals surface area contributed by atoms with Crippen molar-refractivity contribution in [2.75, 3.05) is 26.3 Å². The number of carbonyl (C=O) groups is 2. The molecule has 1 N–H and O–H groups in total. The minimum absolute atomic E-state index is 0.0182. The zero-order valence-electron chi connectivity index (χ0n) is 14.6. The third kappa shape index (κ3) is 6.70. The van der Waals surface area contributed by atoms with Gasteiger partial charge < -0.3 is 15.0 Å². The van der Waals surface area contributed by atoms with Crippen LogP contribution < -0.4 is 5.32 Å². The number of halogens is 6. The lowest BCUT2D eigenvalue weighted by Crippen LogP contribution is -2.35. The highest BCUT2D eigenvalue weighted by Gasteiger charge is 2.35. The van der Waals surface area contributed by atoms with Crippen LogP contribution in [0.1, 0.15) is 17.5 Å². The molecule has 2 rings (SSSR count). The maximum absolute atomic E-state index is 12.8. The predicted octanol–water partition coefficient (Wildman–Crippen LogP) is 2.75. The molecule has 0 aliphatic carbocycles. The molecule has 2 amide bonds. The van der Waals surface area contributed by atoms with E-state index in [0.717, 1.165) is 12.1 Å². The molecular formula is C17H18F6N2O3. The summed E-state index contributed by atoms with van der Waals surface area (Å²) >= 11 is 0. The van der Waals surface area contributed by atoms with Gasteiger partial charge in [0.15, 0.2) is 0 Å². The Kier molecular flexibility index (Phi) is 6.91. The number of benzene rings is 1. The van der Waals surface area contributed by atoms with Gasteiger partial charge in [0.25, 0.3) is 0 Å². The SMILES string of the molecule is O=C(NCCOCC(F)(F)F)C1CC(=O)N(Cc2cccc(C(F)(F)F)c2)C1. The molecular weight excluding hydrogens is 394 g/mol. The van der Waals surface area contributed by atoms with Gasteiger partial charge in [-0.05, 0) is 17.7 Å². The maximum atomic E-state index is 12.8. The Balaban J connectivity index is 1.82. The molecule has 0 saturated carbocycles. The first-order valence-corrected chi connectivity index (χ1v) is 8.32. The number of rotatable bonds is 7. The normalized spacial score (nSPS) is 17.9. The van der Waals surface area contributed by atoms with E-state index in [9.17, 15) is 35.9 Å². The minimum atomic E-state index is -4.50. The molecule has 5 nitrogen and oxygen atoms in total. The standard InChI is InChI=1S/C17H18F6N2O3/c18-16(19,20)10-28-5-4-24-15(27)12-7-14(26)25(9-12)8-11-2-1-3-13(6-11)17(21,22)23/h1-3,6,12H,4-5,7-10H2,(H,24,27). The Hall–Kier alpha value is -2.30. The zero-order chi connectivity index (χ0) is 20.9. The zero-order valence-corrected chi connectivity index (χ0v) is 14.6. The van der Waals surface area contributed by atoms with Gasteiger partial charge in [-0.2, -0.15) is 26.3 Å². The lowest BCUT2D eigenvalue weighted by molar-refractivity contribution is -0.173. The van der Waals surface area contributed by atoms with Crippen molar-refractivity contribution in [2.24, 2.45) is 5.92 Å². The summed E-state index contributed by atoms with van der Waals surface area (Å²) in [5, 5.41) is 2.39. The molecule has 1 unspecified atom stereocenters. The molecule has 0 bridgehead atoms. The monoisotopic (exact) mass is 412 g/mol. The lowest BCUT2D eigenvalue weighted by Gasteiger charge is -2.17. The van der Waals surface area contributed by atoms with Crippen molar-refractivity contribution in [3.8, 4) is 0 Å². The largest absolute Gasteiger partial charge is 0.416 e. The number of amides is 2. The number of alkyl halides is 6. The van der Waals surface area contributed by atoms with Crippen molar-refractivity contribution in [1.82, 2.24) is 10.2 Å². The average molecular weight is 412 g/mol. The first-order valence-electron chi connectivity index (χ1n) is 8.32. The van der Waals surface area contributed by atoms with Crippen LogP contribution in [0.3, 0.4) is 0 Å². The van der Waals surface area contributed by atoms with E-state index < -0.39 is 36.3 Å². The fourth-order valence-corrected chi connectivity index (χ4v) is 2.75. The Morgan fingerprint density at radius 2 is 1.93 bits per heavy atom. The van der Waals surface area contributed by atoms with E-state index in [2.05, 4.69) is 10.1 Å². The Morgan fingerprint density at radius 1 is 1.21 bits per heavy atom. The van der Waals surface area contributed by atoms with Gasteiger partial charge in [-0.25, -0.2) is 0 Å². The van der Waals surface area contributed by atoms with E-state index in [1.54, 1.807) is 0 Å². The molecule has 1 atom stereocenters. The number of hydrogen-bond acceptors (Lipinski definition) is 3. The van der Waals surface area contributed by atoms with E-state index in [1.165, 1.54) is 17.0 Å². The number of nitrogens with one attached hydrogen (secondary N) is 1. The molecule has 1 saturated heterocycles. The number of likely N-dealkylation sites (tertiary alicyclic amines) is 1. The second-order valence-electron chi connectivity index (χ2n) is 6.33. The van der Waals surface area contributed by atoms with Gasteiger partial charge >= 0.3 is 12.4 Å². The quantitative estimate of drug-likeness (QED) is 0.554. The first kappa shape index (κ1) is 22.0. The summed E-state index contributed by atoms with van der Waals surface area (Å²) in [6.45, 7) is -1.95. The fraction of sp³-hybridized carbons (Fsp3) is 0.529. The first-order chi connectivity index (χ1) is 13.0. The highest BCUT2D eigenvalue weighted by molar-refractivity contribution is 5.89. The van der Waals surface area contributed by atoms with E-state index in [1.807, 2.05) is 0 Å². The topological polar surface area (TPSA) is 58.6 Å². The van der Waals surface area contributed by atoms with E-state index in [4.69, 9.17) is 0 Å². The van der Waals surface area contributed by atoms with Gasteiger partial charge in [-0.15, -0.1) is 0 Å². The van der Waals surface area contributed by atoms with Crippen molar-refractivity contribution in [3.05, 3.63) is 35.4 Å². The average Bonchev–Trinajstić information content (AvgIpc) is 2.94. The Labute approximate surface area is 156 Å². The van der Waals surface area contributed by atoms with Gasteiger partial charge in [0, 0.05) is 26.1 Å². The number of hydrogen-bond donors (Lipinski definition) is 1. The fourth-order valence-electron chi connectivity index (χ4n) is 2.75. The molecule has 11 heteroatoms. The smallest absolute Gasteiger partial charge is 0.370 e. The Bertz CT molecular complexity index is 705. The predicted molar refractivity (Wildman–Crippen MR) is 84.9 cm³/mol. The number of nitrogens with zero attached hydrogens (tertiary/aromatic N) is 1. The summed E-state index contributed by atoms with van der Waals surface area (Å²) in [6, 6.07) is 4.56. The number of ether oxygens (including phenoxy) is 1. The third-order valence-corrected chi connectivity index (χ3v) is 4.02. The van der Waals surface area contributed by atoms with Crippen molar-refractivity contribution < 1.29 is 40.7 Å². The summed E-state index contributed by atoms with van der Waals surface area (Å²) in [4.78, 5) is 25.3. The molecule has 156 valence electrons. The van der Waals surface area contributed by atoms with E-state index in [-0.39, 0.29) is 44.1 Å². The third-order valence-electron chi connectivity index (χ3n) is 4.02. The minimum Gasteiger partial charge on any atom is -0.370 e. The molecule has 1 aliphatic rings. The molecule has 1 aromatic rings. The van der Waals surface area contributed by atoms with Crippen LogP contribution in [0.15, 0.2) is 24.3 Å². The Morgan fingerprint density at radius 3 is 2.57 bits per heavy atom. The van der Waals surface area contributed by atoms with Crippen LogP contribution >= 0.6 is 0 Å². The van der Waals surface area contributed by atoms with E-state index >= 15 is 0 Å². The molecule has 0 spiro atoms. The molecule has 28 heavy (non-hydrogen) atoms. The second kappa shape index (κ2) is 8.80. The van der Waals surface area contributed by atoms with Gasteiger partial charge in [-0.1, -0.05) is 12.1 Å². The molecule has 1 aromatic carbocycles. The van der Waals surface area contributed by atoms with Gasteiger partial charge in [0.2, 0.25) is 11.8 Å². The van der Waals surface area contributed by atoms with Gasteiger partial charge in [0.1, 0.15) is 6.61 Å². The van der Waals surface area contributed by atoms with Crippen LogP contribution in [-0.2, 0) is 27.0 Å². The number of carbonyl (C=O) groups excluding carboxylic acids is 2.